The zero-order valence-corrected chi connectivity index (χ0v) is 10.7. The number of benzene rings is 1. The molecule has 4 heteroatoms. The summed E-state index contributed by atoms with van der Waals surface area (Å²) in [5, 5.41) is 3.66. The second-order valence-electron chi connectivity index (χ2n) is 4.56. The number of halogens is 1. The lowest BCUT2D eigenvalue weighted by atomic mass is 10.1. The lowest BCUT2D eigenvalue weighted by Crippen LogP contribution is -2.26. The van der Waals surface area contributed by atoms with Gasteiger partial charge < -0.3 is 10.1 Å². The molecule has 0 atom stereocenters. The summed E-state index contributed by atoms with van der Waals surface area (Å²) in [6, 6.07) is 5.21. The zero-order valence-electron chi connectivity index (χ0n) is 9.93. The molecule has 0 radical (unpaired) electrons. The molecule has 1 N–H and O–H groups in total. The van der Waals surface area contributed by atoms with E-state index in [2.05, 4.69) is 10.1 Å². The molecule has 0 aliphatic heterocycles. The summed E-state index contributed by atoms with van der Waals surface area (Å²) in [6.07, 6.45) is 0. The number of nitrogens with one attached hydrogen (secondary N) is 1. The fourth-order valence-electron chi connectivity index (χ4n) is 1.30. The summed E-state index contributed by atoms with van der Waals surface area (Å²) in [6.45, 7) is 6.12. The van der Waals surface area contributed by atoms with Crippen LogP contribution in [0.4, 0.5) is 5.69 Å². The highest BCUT2D eigenvalue weighted by Gasteiger charge is 2.14. The minimum absolute atomic E-state index is 0.0682. The Morgan fingerprint density at radius 2 is 2.00 bits per heavy atom. The van der Waals surface area contributed by atoms with Gasteiger partial charge in [-0.05, 0) is 39.0 Å². The summed E-state index contributed by atoms with van der Waals surface area (Å²) >= 11 is 5.91. The van der Waals surface area contributed by atoms with Crippen molar-refractivity contribution < 1.29 is 9.53 Å². The van der Waals surface area contributed by atoms with Crippen molar-refractivity contribution in [2.75, 3.05) is 12.4 Å². The Morgan fingerprint density at radius 1 is 1.38 bits per heavy atom. The third-order valence-corrected chi connectivity index (χ3v) is 2.22. The minimum Gasteiger partial charge on any atom is -0.465 e. The molecule has 1 aromatic rings. The van der Waals surface area contributed by atoms with Gasteiger partial charge >= 0.3 is 5.97 Å². The molecule has 0 aliphatic rings. The molecule has 0 fully saturated rings. The number of esters is 1. The number of methoxy groups -OCH3 is 1. The monoisotopic (exact) mass is 241 g/mol. The number of rotatable bonds is 2. The van der Waals surface area contributed by atoms with Gasteiger partial charge in [0.05, 0.1) is 17.7 Å². The molecule has 1 rings (SSSR count). The molecule has 0 unspecified atom stereocenters. The van der Waals surface area contributed by atoms with Crippen LogP contribution in [0.1, 0.15) is 31.1 Å². The Kier molecular flexibility index (Phi) is 3.81. The number of hydrogen-bond donors (Lipinski definition) is 1. The normalized spacial score (nSPS) is 11.1. The largest absolute Gasteiger partial charge is 0.465 e. The maximum absolute atomic E-state index is 11.4. The lowest BCUT2D eigenvalue weighted by molar-refractivity contribution is 0.0601. The summed E-state index contributed by atoms with van der Waals surface area (Å²) < 4.78 is 4.65. The van der Waals surface area contributed by atoms with Crippen LogP contribution in [0.3, 0.4) is 0 Å². The van der Waals surface area contributed by atoms with Crippen LogP contribution >= 0.6 is 11.6 Å². The van der Waals surface area contributed by atoms with Gasteiger partial charge in [-0.25, -0.2) is 4.79 Å². The fourth-order valence-corrected chi connectivity index (χ4v) is 1.50. The van der Waals surface area contributed by atoms with E-state index >= 15 is 0 Å². The van der Waals surface area contributed by atoms with E-state index in [1.807, 2.05) is 26.8 Å². The Bertz CT molecular complexity index is 396. The van der Waals surface area contributed by atoms with Crippen LogP contribution in [-0.4, -0.2) is 18.6 Å². The molecule has 0 saturated heterocycles. The molecule has 0 amide bonds. The van der Waals surface area contributed by atoms with Crippen molar-refractivity contribution in [2.45, 2.75) is 26.3 Å². The van der Waals surface area contributed by atoms with Gasteiger partial charge in [-0.2, -0.15) is 0 Å². The molecular formula is C12H16ClNO2. The van der Waals surface area contributed by atoms with E-state index in [1.54, 1.807) is 12.1 Å². The SMILES string of the molecule is COC(=O)c1cc(NC(C)(C)C)ccc1Cl. The van der Waals surface area contributed by atoms with Crippen molar-refractivity contribution >= 4 is 23.3 Å². The molecule has 88 valence electrons. The first kappa shape index (κ1) is 12.8. The number of hydrogen-bond acceptors (Lipinski definition) is 3. The number of ether oxygens (including phenoxy) is 1. The Morgan fingerprint density at radius 3 is 2.50 bits per heavy atom. The highest BCUT2D eigenvalue weighted by molar-refractivity contribution is 6.33. The predicted octanol–water partition coefficient (Wildman–Crippen LogP) is 3.34. The van der Waals surface area contributed by atoms with Gasteiger partial charge in [-0.15, -0.1) is 0 Å². The van der Waals surface area contributed by atoms with Crippen LogP contribution in [-0.2, 0) is 4.74 Å². The first-order chi connectivity index (χ1) is 7.33. The summed E-state index contributed by atoms with van der Waals surface area (Å²) in [5.41, 5.74) is 1.15. The first-order valence-electron chi connectivity index (χ1n) is 4.99. The zero-order chi connectivity index (χ0) is 12.3. The summed E-state index contributed by atoms with van der Waals surface area (Å²) in [7, 11) is 1.34. The average Bonchev–Trinajstić information content (AvgIpc) is 2.18. The third-order valence-electron chi connectivity index (χ3n) is 1.89. The molecular weight excluding hydrogens is 226 g/mol. The van der Waals surface area contributed by atoms with Crippen molar-refractivity contribution in [1.29, 1.82) is 0 Å². The molecule has 0 heterocycles. The lowest BCUT2D eigenvalue weighted by Gasteiger charge is -2.22. The van der Waals surface area contributed by atoms with Crippen LogP contribution in [0, 0.1) is 0 Å². The maximum Gasteiger partial charge on any atom is 0.339 e. The van der Waals surface area contributed by atoms with E-state index in [4.69, 9.17) is 11.6 Å². The minimum atomic E-state index is -0.428. The molecule has 0 spiro atoms. The predicted molar refractivity (Wildman–Crippen MR) is 66.2 cm³/mol. The molecule has 0 aliphatic carbocycles. The van der Waals surface area contributed by atoms with Gasteiger partial charge in [0.1, 0.15) is 0 Å². The van der Waals surface area contributed by atoms with Crippen LogP contribution in [0.25, 0.3) is 0 Å². The van der Waals surface area contributed by atoms with Gasteiger partial charge in [0.2, 0.25) is 0 Å². The van der Waals surface area contributed by atoms with Crippen molar-refractivity contribution in [1.82, 2.24) is 0 Å². The molecule has 1 aromatic carbocycles. The van der Waals surface area contributed by atoms with Crippen LogP contribution in [0.5, 0.6) is 0 Å². The van der Waals surface area contributed by atoms with E-state index < -0.39 is 5.97 Å². The number of carbonyl (C=O) groups is 1. The van der Waals surface area contributed by atoms with E-state index in [9.17, 15) is 4.79 Å². The van der Waals surface area contributed by atoms with Crippen molar-refractivity contribution in [3.05, 3.63) is 28.8 Å². The molecule has 0 aromatic heterocycles. The molecule has 0 saturated carbocycles. The average molecular weight is 242 g/mol. The summed E-state index contributed by atoms with van der Waals surface area (Å²) in [5.74, 6) is -0.428. The van der Waals surface area contributed by atoms with Crippen LogP contribution in [0.2, 0.25) is 5.02 Å². The fraction of sp³-hybridized carbons (Fsp3) is 0.417. The molecule has 3 nitrogen and oxygen atoms in total. The van der Waals surface area contributed by atoms with Crippen molar-refractivity contribution in [3.63, 3.8) is 0 Å². The quantitative estimate of drug-likeness (QED) is 0.807. The standard InChI is InChI=1S/C12H16ClNO2/c1-12(2,3)14-8-5-6-10(13)9(7-8)11(15)16-4/h5-7,14H,1-4H3. The highest BCUT2D eigenvalue weighted by Crippen LogP contribution is 2.23. The first-order valence-corrected chi connectivity index (χ1v) is 5.37. The highest BCUT2D eigenvalue weighted by atomic mass is 35.5. The van der Waals surface area contributed by atoms with Crippen LogP contribution in [0.15, 0.2) is 18.2 Å². The van der Waals surface area contributed by atoms with Crippen molar-refractivity contribution in [3.8, 4) is 0 Å². The van der Waals surface area contributed by atoms with Crippen molar-refractivity contribution in [2.24, 2.45) is 0 Å². The molecule has 0 bridgehead atoms. The van der Waals surface area contributed by atoms with E-state index in [0.717, 1.165) is 5.69 Å². The van der Waals surface area contributed by atoms with Gasteiger partial charge in [0.25, 0.3) is 0 Å². The smallest absolute Gasteiger partial charge is 0.339 e. The summed E-state index contributed by atoms with van der Waals surface area (Å²) in [4.78, 5) is 11.4. The van der Waals surface area contributed by atoms with Gasteiger partial charge in [-0.3, -0.25) is 0 Å². The van der Waals surface area contributed by atoms with Gasteiger partial charge in [-0.1, -0.05) is 11.6 Å². The van der Waals surface area contributed by atoms with Gasteiger partial charge in [0, 0.05) is 11.2 Å². The van der Waals surface area contributed by atoms with E-state index in [-0.39, 0.29) is 5.54 Å². The maximum atomic E-state index is 11.4. The second-order valence-corrected chi connectivity index (χ2v) is 4.97. The van der Waals surface area contributed by atoms with E-state index in [0.29, 0.717) is 10.6 Å². The van der Waals surface area contributed by atoms with Crippen LogP contribution < -0.4 is 5.32 Å². The topological polar surface area (TPSA) is 38.3 Å². The molecule has 16 heavy (non-hydrogen) atoms. The second kappa shape index (κ2) is 4.74. The number of carbonyl (C=O) groups excluding carboxylic acids is 1. The van der Waals surface area contributed by atoms with E-state index in [1.165, 1.54) is 7.11 Å². The Labute approximate surface area is 101 Å². The Balaban J connectivity index is 3.03. The Hall–Kier alpha value is -1.22. The number of anilines is 1. The van der Waals surface area contributed by atoms with Gasteiger partial charge in [0.15, 0.2) is 0 Å². The third kappa shape index (κ3) is 3.42.